The summed E-state index contributed by atoms with van der Waals surface area (Å²) in [5.74, 6) is -1.11. The van der Waals surface area contributed by atoms with Crippen LogP contribution in [-0.2, 0) is 21.4 Å². The number of nitrogens with zero attached hydrogens (tertiary/aromatic N) is 1. The van der Waals surface area contributed by atoms with Crippen LogP contribution in [0, 0.1) is 0 Å². The van der Waals surface area contributed by atoms with E-state index in [2.05, 4.69) is 15.9 Å². The Bertz CT molecular complexity index is 512. The highest BCUT2D eigenvalue weighted by Gasteiger charge is 2.18. The van der Waals surface area contributed by atoms with Crippen LogP contribution in [0.3, 0.4) is 0 Å². The lowest BCUT2D eigenvalue weighted by Gasteiger charge is -2.15. The lowest BCUT2D eigenvalue weighted by Crippen LogP contribution is -2.28. The summed E-state index contributed by atoms with van der Waals surface area (Å²) in [6.07, 6.45) is 0.00770. The van der Waals surface area contributed by atoms with Crippen LogP contribution in [0.5, 0.6) is 0 Å². The van der Waals surface area contributed by atoms with Crippen molar-refractivity contribution in [2.24, 2.45) is 0 Å². The standard InChI is InChI=1S/C10H14BrNO4S2/c1-12(6-9-5-8(11)7-17-9)18(15,16)4-2-3-10(13)14/h5,7H,2-4,6H2,1H3,(H,13,14). The van der Waals surface area contributed by atoms with Crippen LogP contribution in [-0.4, -0.2) is 36.6 Å². The third-order valence-electron chi connectivity index (χ3n) is 2.27. The molecule has 0 aliphatic heterocycles. The highest BCUT2D eigenvalue weighted by molar-refractivity contribution is 9.10. The third kappa shape index (κ3) is 5.05. The maximum Gasteiger partial charge on any atom is 0.303 e. The molecule has 0 aliphatic carbocycles. The lowest BCUT2D eigenvalue weighted by molar-refractivity contribution is -0.137. The Kier molecular flexibility index (Phi) is 5.77. The Labute approximate surface area is 119 Å². The predicted octanol–water partition coefficient (Wildman–Crippen LogP) is 2.14. The zero-order chi connectivity index (χ0) is 13.8. The molecule has 0 saturated carbocycles. The molecule has 0 unspecified atom stereocenters. The fraction of sp³-hybridized carbons (Fsp3) is 0.500. The molecule has 8 heteroatoms. The Hall–Kier alpha value is -0.440. The summed E-state index contributed by atoms with van der Waals surface area (Å²) >= 11 is 4.78. The summed E-state index contributed by atoms with van der Waals surface area (Å²) in [6, 6.07) is 1.87. The SMILES string of the molecule is CN(Cc1cc(Br)cs1)S(=O)(=O)CCCC(=O)O. The molecular weight excluding hydrogens is 342 g/mol. The number of aliphatic carboxylic acids is 1. The number of thiophene rings is 1. The van der Waals surface area contributed by atoms with Crippen LogP contribution < -0.4 is 0 Å². The monoisotopic (exact) mass is 355 g/mol. The van der Waals surface area contributed by atoms with Gasteiger partial charge in [-0.2, -0.15) is 4.31 Å². The van der Waals surface area contributed by atoms with Gasteiger partial charge < -0.3 is 5.11 Å². The van der Waals surface area contributed by atoms with E-state index in [0.29, 0.717) is 6.54 Å². The number of halogens is 1. The van der Waals surface area contributed by atoms with Crippen LogP contribution in [0.2, 0.25) is 0 Å². The normalized spacial score (nSPS) is 11.9. The van der Waals surface area contributed by atoms with Crippen molar-refractivity contribution in [3.63, 3.8) is 0 Å². The summed E-state index contributed by atoms with van der Waals surface area (Å²) < 4.78 is 25.9. The Balaban J connectivity index is 2.53. The molecule has 5 nitrogen and oxygen atoms in total. The first-order valence-electron chi connectivity index (χ1n) is 5.20. The quantitative estimate of drug-likeness (QED) is 0.812. The minimum absolute atomic E-state index is 0.127. The first kappa shape index (κ1) is 15.6. The Morgan fingerprint density at radius 3 is 2.72 bits per heavy atom. The molecule has 0 bridgehead atoms. The summed E-state index contributed by atoms with van der Waals surface area (Å²) in [5, 5.41) is 10.4. The van der Waals surface area contributed by atoms with Crippen molar-refractivity contribution in [1.82, 2.24) is 4.31 Å². The fourth-order valence-electron chi connectivity index (χ4n) is 1.32. The number of carboxylic acid groups (broad SMARTS) is 1. The molecule has 1 aromatic rings. The second-order valence-electron chi connectivity index (χ2n) is 3.80. The molecule has 0 radical (unpaired) electrons. The number of hydrogen-bond acceptors (Lipinski definition) is 4. The van der Waals surface area contributed by atoms with Gasteiger partial charge in [0.15, 0.2) is 0 Å². The van der Waals surface area contributed by atoms with Crippen molar-refractivity contribution >= 4 is 43.3 Å². The van der Waals surface area contributed by atoms with E-state index in [-0.39, 0.29) is 18.6 Å². The van der Waals surface area contributed by atoms with Crippen molar-refractivity contribution in [2.75, 3.05) is 12.8 Å². The number of hydrogen-bond donors (Lipinski definition) is 1. The van der Waals surface area contributed by atoms with Gasteiger partial charge in [0.2, 0.25) is 10.0 Å². The van der Waals surface area contributed by atoms with Crippen LogP contribution in [0.4, 0.5) is 0 Å². The minimum Gasteiger partial charge on any atom is -0.481 e. The number of sulfonamides is 1. The van der Waals surface area contributed by atoms with Gasteiger partial charge in [0.1, 0.15) is 0 Å². The van der Waals surface area contributed by atoms with Gasteiger partial charge in [-0.05, 0) is 28.4 Å². The highest BCUT2D eigenvalue weighted by atomic mass is 79.9. The number of rotatable bonds is 7. The Morgan fingerprint density at radius 2 is 2.22 bits per heavy atom. The van der Waals surface area contributed by atoms with Crippen molar-refractivity contribution in [3.8, 4) is 0 Å². The van der Waals surface area contributed by atoms with Gasteiger partial charge in [-0.25, -0.2) is 8.42 Å². The second kappa shape index (κ2) is 6.65. The zero-order valence-corrected chi connectivity index (χ0v) is 13.0. The van der Waals surface area contributed by atoms with Gasteiger partial charge >= 0.3 is 5.97 Å². The highest BCUT2D eigenvalue weighted by Crippen LogP contribution is 2.21. The van der Waals surface area contributed by atoms with Gasteiger partial charge in [-0.3, -0.25) is 4.79 Å². The maximum atomic E-state index is 11.8. The van der Waals surface area contributed by atoms with Gasteiger partial charge in [-0.15, -0.1) is 11.3 Å². The van der Waals surface area contributed by atoms with Gasteiger partial charge in [0.05, 0.1) is 5.75 Å². The molecule has 0 atom stereocenters. The van der Waals surface area contributed by atoms with Crippen LogP contribution >= 0.6 is 27.3 Å². The van der Waals surface area contributed by atoms with Crippen LogP contribution in [0.1, 0.15) is 17.7 Å². The lowest BCUT2D eigenvalue weighted by atomic mass is 10.3. The van der Waals surface area contributed by atoms with E-state index in [9.17, 15) is 13.2 Å². The molecule has 1 heterocycles. The molecule has 1 aromatic heterocycles. The predicted molar refractivity (Wildman–Crippen MR) is 74.1 cm³/mol. The minimum atomic E-state index is -3.38. The molecule has 0 spiro atoms. The van der Waals surface area contributed by atoms with Crippen LogP contribution in [0.15, 0.2) is 15.9 Å². The molecule has 0 saturated heterocycles. The van der Waals surface area contributed by atoms with Crippen molar-refractivity contribution in [2.45, 2.75) is 19.4 Å². The summed E-state index contributed by atoms with van der Waals surface area (Å²) in [5.41, 5.74) is 0. The van der Waals surface area contributed by atoms with Gasteiger partial charge in [0, 0.05) is 34.7 Å². The van der Waals surface area contributed by atoms with E-state index in [1.807, 2.05) is 11.4 Å². The van der Waals surface area contributed by atoms with Crippen LogP contribution in [0.25, 0.3) is 0 Å². The third-order valence-corrected chi connectivity index (χ3v) is 5.83. The largest absolute Gasteiger partial charge is 0.481 e. The van der Waals surface area contributed by atoms with E-state index in [0.717, 1.165) is 9.35 Å². The first-order valence-corrected chi connectivity index (χ1v) is 8.48. The van der Waals surface area contributed by atoms with Crippen molar-refractivity contribution < 1.29 is 18.3 Å². The fourth-order valence-corrected chi connectivity index (χ4v) is 4.06. The van der Waals surface area contributed by atoms with E-state index in [1.165, 1.54) is 22.7 Å². The Morgan fingerprint density at radius 1 is 1.56 bits per heavy atom. The summed E-state index contributed by atoms with van der Waals surface area (Å²) in [4.78, 5) is 11.3. The van der Waals surface area contributed by atoms with Crippen molar-refractivity contribution in [3.05, 3.63) is 20.8 Å². The molecule has 18 heavy (non-hydrogen) atoms. The first-order chi connectivity index (χ1) is 8.31. The molecule has 102 valence electrons. The second-order valence-corrected chi connectivity index (χ2v) is 7.91. The maximum absolute atomic E-state index is 11.8. The van der Waals surface area contributed by atoms with E-state index in [4.69, 9.17) is 5.11 Å². The van der Waals surface area contributed by atoms with Gasteiger partial charge in [0.25, 0.3) is 0 Å². The number of carboxylic acids is 1. The molecule has 0 aliphatic rings. The van der Waals surface area contributed by atoms with E-state index < -0.39 is 16.0 Å². The average molecular weight is 356 g/mol. The zero-order valence-electron chi connectivity index (χ0n) is 9.80. The smallest absolute Gasteiger partial charge is 0.303 e. The molecule has 0 aromatic carbocycles. The van der Waals surface area contributed by atoms with E-state index >= 15 is 0 Å². The van der Waals surface area contributed by atoms with E-state index in [1.54, 1.807) is 0 Å². The molecule has 1 N–H and O–H groups in total. The van der Waals surface area contributed by atoms with Crippen molar-refractivity contribution in [1.29, 1.82) is 0 Å². The molecule has 0 amide bonds. The van der Waals surface area contributed by atoms with Gasteiger partial charge in [-0.1, -0.05) is 0 Å². The molecular formula is C10H14BrNO4S2. The average Bonchev–Trinajstić information content (AvgIpc) is 2.63. The number of carbonyl (C=O) groups is 1. The molecule has 0 fully saturated rings. The summed E-state index contributed by atoms with van der Waals surface area (Å²) in [6.45, 7) is 0.311. The topological polar surface area (TPSA) is 74.7 Å². The molecule has 1 rings (SSSR count). The summed E-state index contributed by atoms with van der Waals surface area (Å²) in [7, 11) is -1.88.